The maximum atomic E-state index is 5.83. The molecule has 0 bridgehead atoms. The summed E-state index contributed by atoms with van der Waals surface area (Å²) in [5.74, 6) is 0. The molecule has 1 aromatic rings. The molecule has 0 aliphatic heterocycles. The molecule has 1 rings (SSSR count). The van der Waals surface area contributed by atoms with Gasteiger partial charge in [-0.15, -0.1) is 10.2 Å². The van der Waals surface area contributed by atoms with Gasteiger partial charge in [-0.25, -0.2) is 0 Å². The third kappa shape index (κ3) is 3.69. The normalized spacial score (nSPS) is 12.8. The molecule has 0 amide bonds. The van der Waals surface area contributed by atoms with Crippen molar-refractivity contribution in [2.24, 2.45) is 5.73 Å². The lowest BCUT2D eigenvalue weighted by Crippen LogP contribution is -2.28. The van der Waals surface area contributed by atoms with Gasteiger partial charge < -0.3 is 11.1 Å². The van der Waals surface area contributed by atoms with Gasteiger partial charge in [-0.3, -0.25) is 0 Å². The number of hydrogen-bond acceptors (Lipinski definition) is 5. The van der Waals surface area contributed by atoms with Gasteiger partial charge in [0, 0.05) is 12.6 Å². The molecule has 1 unspecified atom stereocenters. The topological polar surface area (TPSA) is 63.8 Å². The summed E-state index contributed by atoms with van der Waals surface area (Å²) in [7, 11) is 0. The van der Waals surface area contributed by atoms with Gasteiger partial charge in [0.1, 0.15) is 5.01 Å². The summed E-state index contributed by atoms with van der Waals surface area (Å²) in [6, 6.07) is 0.217. The van der Waals surface area contributed by atoms with Crippen LogP contribution in [0.2, 0.25) is 0 Å². The highest BCUT2D eigenvalue weighted by Crippen LogP contribution is 2.13. The molecule has 0 aliphatic carbocycles. The van der Waals surface area contributed by atoms with Gasteiger partial charge in [-0.2, -0.15) is 0 Å². The number of nitrogens with one attached hydrogen (secondary N) is 1. The lowest BCUT2D eigenvalue weighted by Gasteiger charge is -2.09. The Hall–Kier alpha value is -0.680. The first-order chi connectivity index (χ1) is 6.22. The Morgan fingerprint density at radius 1 is 1.54 bits per heavy atom. The second-order valence-electron chi connectivity index (χ2n) is 3.06. The lowest BCUT2D eigenvalue weighted by atomic mass is 10.2. The van der Waals surface area contributed by atoms with Crippen molar-refractivity contribution in [3.05, 3.63) is 5.01 Å². The zero-order valence-electron chi connectivity index (χ0n) is 8.08. The van der Waals surface area contributed by atoms with Crippen molar-refractivity contribution in [2.75, 3.05) is 11.9 Å². The first-order valence-corrected chi connectivity index (χ1v) is 5.33. The smallest absolute Gasteiger partial charge is 0.205 e. The van der Waals surface area contributed by atoms with E-state index in [-0.39, 0.29) is 6.04 Å². The van der Waals surface area contributed by atoms with Crippen LogP contribution in [0.1, 0.15) is 24.8 Å². The molecule has 1 atom stereocenters. The average Bonchev–Trinajstić information content (AvgIpc) is 2.49. The van der Waals surface area contributed by atoms with Crippen molar-refractivity contribution in [1.29, 1.82) is 0 Å². The molecule has 0 spiro atoms. The van der Waals surface area contributed by atoms with E-state index in [1.54, 1.807) is 11.3 Å². The fourth-order valence-corrected chi connectivity index (χ4v) is 1.66. The molecule has 0 aliphatic rings. The van der Waals surface area contributed by atoms with Crippen LogP contribution >= 0.6 is 11.3 Å². The van der Waals surface area contributed by atoms with Crippen LogP contribution in [0.15, 0.2) is 0 Å². The molecule has 74 valence electrons. The second kappa shape index (κ2) is 5.14. The number of aromatic nitrogens is 2. The number of hydrogen-bond donors (Lipinski definition) is 2. The predicted octanol–water partition coefficient (Wildman–Crippen LogP) is 1.39. The van der Waals surface area contributed by atoms with Crippen LogP contribution in [-0.4, -0.2) is 22.8 Å². The van der Waals surface area contributed by atoms with Gasteiger partial charge in [0.15, 0.2) is 0 Å². The summed E-state index contributed by atoms with van der Waals surface area (Å²) < 4.78 is 0. The second-order valence-corrected chi connectivity index (χ2v) is 4.24. The third-order valence-electron chi connectivity index (χ3n) is 1.70. The number of aryl methyl sites for hydroxylation is 1. The van der Waals surface area contributed by atoms with E-state index in [9.17, 15) is 0 Å². The average molecular weight is 200 g/mol. The summed E-state index contributed by atoms with van der Waals surface area (Å²) >= 11 is 1.56. The van der Waals surface area contributed by atoms with E-state index in [0.717, 1.165) is 29.5 Å². The summed E-state index contributed by atoms with van der Waals surface area (Å²) in [6.45, 7) is 4.85. The van der Waals surface area contributed by atoms with Gasteiger partial charge in [-0.05, 0) is 13.3 Å². The van der Waals surface area contributed by atoms with Gasteiger partial charge in [-0.1, -0.05) is 24.7 Å². The molecule has 4 nitrogen and oxygen atoms in total. The predicted molar refractivity (Wildman–Crippen MR) is 56.0 cm³/mol. The maximum absolute atomic E-state index is 5.83. The number of anilines is 1. The highest BCUT2D eigenvalue weighted by atomic mass is 32.1. The summed E-state index contributed by atoms with van der Waals surface area (Å²) in [4.78, 5) is 0. The van der Waals surface area contributed by atoms with E-state index in [4.69, 9.17) is 5.73 Å². The van der Waals surface area contributed by atoms with Crippen LogP contribution < -0.4 is 11.1 Å². The molecule has 0 saturated heterocycles. The molecule has 3 N–H and O–H groups in total. The van der Waals surface area contributed by atoms with E-state index < -0.39 is 0 Å². The Bertz CT molecular complexity index is 248. The Morgan fingerprint density at radius 2 is 2.31 bits per heavy atom. The van der Waals surface area contributed by atoms with Crippen molar-refractivity contribution in [2.45, 2.75) is 32.7 Å². The fourth-order valence-electron chi connectivity index (χ4n) is 1.06. The summed E-state index contributed by atoms with van der Waals surface area (Å²) in [5, 5.41) is 12.9. The summed E-state index contributed by atoms with van der Waals surface area (Å²) in [6.07, 6.45) is 2.17. The summed E-state index contributed by atoms with van der Waals surface area (Å²) in [5.41, 5.74) is 5.83. The number of rotatable bonds is 5. The van der Waals surface area contributed by atoms with Crippen LogP contribution in [-0.2, 0) is 0 Å². The van der Waals surface area contributed by atoms with Crippen molar-refractivity contribution < 1.29 is 0 Å². The molecule has 13 heavy (non-hydrogen) atoms. The largest absolute Gasteiger partial charge is 0.359 e. The SMILES string of the molecule is CCCC(N)CNc1nnc(C)s1. The van der Waals surface area contributed by atoms with Gasteiger partial charge >= 0.3 is 0 Å². The van der Waals surface area contributed by atoms with Crippen LogP contribution in [0.4, 0.5) is 5.13 Å². The van der Waals surface area contributed by atoms with E-state index in [0.29, 0.717) is 0 Å². The number of nitrogens with zero attached hydrogens (tertiary/aromatic N) is 2. The minimum atomic E-state index is 0.217. The van der Waals surface area contributed by atoms with Gasteiger partial charge in [0.05, 0.1) is 0 Å². The Kier molecular flexibility index (Phi) is 4.11. The van der Waals surface area contributed by atoms with Crippen molar-refractivity contribution in [3.63, 3.8) is 0 Å². The molecule has 0 aromatic carbocycles. The monoisotopic (exact) mass is 200 g/mol. The van der Waals surface area contributed by atoms with Crippen LogP contribution in [0, 0.1) is 6.92 Å². The zero-order valence-corrected chi connectivity index (χ0v) is 8.90. The standard InChI is InChI=1S/C8H16N4S/c1-3-4-7(9)5-10-8-12-11-6(2)13-8/h7H,3-5,9H2,1-2H3,(H,10,12). The molecule has 0 fully saturated rings. The first-order valence-electron chi connectivity index (χ1n) is 4.52. The Labute approximate surface area is 82.6 Å². The highest BCUT2D eigenvalue weighted by Gasteiger charge is 2.03. The zero-order chi connectivity index (χ0) is 9.68. The molecular formula is C8H16N4S. The minimum absolute atomic E-state index is 0.217. The molecular weight excluding hydrogens is 184 g/mol. The quantitative estimate of drug-likeness (QED) is 0.754. The Morgan fingerprint density at radius 3 is 2.85 bits per heavy atom. The van der Waals surface area contributed by atoms with Gasteiger partial charge in [0.25, 0.3) is 0 Å². The first kappa shape index (κ1) is 10.4. The van der Waals surface area contributed by atoms with Crippen LogP contribution in [0.3, 0.4) is 0 Å². The lowest BCUT2D eigenvalue weighted by molar-refractivity contribution is 0.626. The maximum Gasteiger partial charge on any atom is 0.205 e. The van der Waals surface area contributed by atoms with E-state index in [1.165, 1.54) is 0 Å². The third-order valence-corrected chi connectivity index (χ3v) is 2.50. The van der Waals surface area contributed by atoms with E-state index >= 15 is 0 Å². The van der Waals surface area contributed by atoms with Gasteiger partial charge in [0.2, 0.25) is 5.13 Å². The van der Waals surface area contributed by atoms with Crippen LogP contribution in [0.5, 0.6) is 0 Å². The molecule has 0 radical (unpaired) electrons. The molecule has 1 heterocycles. The van der Waals surface area contributed by atoms with E-state index in [1.807, 2.05) is 6.92 Å². The molecule has 1 aromatic heterocycles. The Balaban J connectivity index is 2.26. The van der Waals surface area contributed by atoms with Crippen LogP contribution in [0.25, 0.3) is 0 Å². The fraction of sp³-hybridized carbons (Fsp3) is 0.750. The highest BCUT2D eigenvalue weighted by molar-refractivity contribution is 7.15. The molecule has 0 saturated carbocycles. The molecule has 5 heteroatoms. The van der Waals surface area contributed by atoms with Crippen molar-refractivity contribution >= 4 is 16.5 Å². The minimum Gasteiger partial charge on any atom is -0.359 e. The van der Waals surface area contributed by atoms with Crippen molar-refractivity contribution in [1.82, 2.24) is 10.2 Å². The number of nitrogens with two attached hydrogens (primary N) is 1. The van der Waals surface area contributed by atoms with Crippen molar-refractivity contribution in [3.8, 4) is 0 Å². The van der Waals surface area contributed by atoms with E-state index in [2.05, 4.69) is 22.4 Å².